The van der Waals surface area contributed by atoms with E-state index < -0.39 is 0 Å². The highest BCUT2D eigenvalue weighted by Crippen LogP contribution is 2.32. The molecule has 1 unspecified atom stereocenters. The molecule has 0 saturated carbocycles. The summed E-state index contributed by atoms with van der Waals surface area (Å²) in [5.41, 5.74) is 0. The maximum atomic E-state index is 6.37. The molecule has 98 valence electrons. The third-order valence-electron chi connectivity index (χ3n) is 3.25. The molecule has 0 fully saturated rings. The van der Waals surface area contributed by atoms with Crippen LogP contribution in [0, 0.1) is 0 Å². The van der Waals surface area contributed by atoms with E-state index in [9.17, 15) is 0 Å². The van der Waals surface area contributed by atoms with E-state index in [2.05, 4.69) is 20.8 Å². The third-order valence-corrected chi connectivity index (χ3v) is 5.19. The van der Waals surface area contributed by atoms with Crippen LogP contribution < -0.4 is 0 Å². The van der Waals surface area contributed by atoms with Crippen LogP contribution in [0.5, 0.6) is 0 Å². The van der Waals surface area contributed by atoms with Crippen molar-refractivity contribution in [1.82, 2.24) is 0 Å². The van der Waals surface area contributed by atoms with Gasteiger partial charge in [0.15, 0.2) is 0 Å². The zero-order valence-electron chi connectivity index (χ0n) is 11.8. The number of rotatable bonds is 10. The second-order valence-corrected chi connectivity index (χ2v) is 9.20. The van der Waals surface area contributed by atoms with Crippen LogP contribution in [-0.2, 0) is 0 Å². The van der Waals surface area contributed by atoms with Gasteiger partial charge in [0.2, 0.25) is 0 Å². The van der Waals surface area contributed by atoms with Crippen molar-refractivity contribution in [2.75, 3.05) is 0 Å². The topological polar surface area (TPSA) is 0 Å². The molecular weight excluding hydrogens is 232 g/mol. The van der Waals surface area contributed by atoms with Crippen molar-refractivity contribution in [3.05, 3.63) is 0 Å². The molecule has 2 heteroatoms. The summed E-state index contributed by atoms with van der Waals surface area (Å²) in [4.78, 5) is 0. The van der Waals surface area contributed by atoms with E-state index >= 15 is 0 Å². The molecule has 16 heavy (non-hydrogen) atoms. The SMILES string of the molecule is CCCCCCCCCCC(Cl)C(C)(C)[SiH3]. The summed E-state index contributed by atoms with van der Waals surface area (Å²) in [6, 6.07) is 0. The second-order valence-electron chi connectivity index (χ2n) is 6.10. The molecule has 0 spiro atoms. The van der Waals surface area contributed by atoms with Crippen molar-refractivity contribution >= 4 is 21.8 Å². The molecule has 0 aromatic carbocycles. The van der Waals surface area contributed by atoms with Crippen molar-refractivity contribution in [1.29, 1.82) is 0 Å². The number of alkyl halides is 1. The third kappa shape index (κ3) is 9.71. The summed E-state index contributed by atoms with van der Waals surface area (Å²) in [6.45, 7) is 6.86. The van der Waals surface area contributed by atoms with Gasteiger partial charge in [-0.1, -0.05) is 72.1 Å². The summed E-state index contributed by atoms with van der Waals surface area (Å²) < 4.78 is 0. The molecule has 0 aromatic heterocycles. The summed E-state index contributed by atoms with van der Waals surface area (Å²) >= 11 is 6.37. The second kappa shape index (κ2) is 9.53. The van der Waals surface area contributed by atoms with Crippen LogP contribution in [-0.4, -0.2) is 15.6 Å². The standard InChI is InChI=1S/C14H31ClSi/c1-4-5-6-7-8-9-10-11-12-13(15)14(2,3)16/h13H,4-12H2,1-3,16H3. The normalized spacial score (nSPS) is 14.2. The van der Waals surface area contributed by atoms with Gasteiger partial charge in [-0.3, -0.25) is 0 Å². The molecule has 0 aliphatic rings. The van der Waals surface area contributed by atoms with Gasteiger partial charge in [-0.05, 0) is 11.5 Å². The van der Waals surface area contributed by atoms with E-state index in [1.165, 1.54) is 68.0 Å². The van der Waals surface area contributed by atoms with Crippen molar-refractivity contribution in [3.8, 4) is 0 Å². The Balaban J connectivity index is 3.21. The molecule has 0 aliphatic heterocycles. The fraction of sp³-hybridized carbons (Fsp3) is 1.00. The number of halogens is 1. The Morgan fingerprint density at radius 1 is 0.938 bits per heavy atom. The molecule has 0 aromatic rings. The first kappa shape index (κ1) is 16.5. The summed E-state index contributed by atoms with van der Waals surface area (Å²) in [7, 11) is 1.20. The number of hydrogen-bond donors (Lipinski definition) is 0. The van der Waals surface area contributed by atoms with Crippen molar-refractivity contribution in [2.45, 2.75) is 89.0 Å². The predicted molar refractivity (Wildman–Crippen MR) is 80.8 cm³/mol. The van der Waals surface area contributed by atoms with Crippen LogP contribution in [0.4, 0.5) is 0 Å². The Morgan fingerprint density at radius 3 is 1.81 bits per heavy atom. The lowest BCUT2D eigenvalue weighted by Crippen LogP contribution is -2.17. The molecule has 0 heterocycles. The zero-order chi connectivity index (χ0) is 12.4. The van der Waals surface area contributed by atoms with Gasteiger partial charge in [-0.25, -0.2) is 0 Å². The van der Waals surface area contributed by atoms with E-state index in [-0.39, 0.29) is 0 Å². The monoisotopic (exact) mass is 262 g/mol. The minimum Gasteiger partial charge on any atom is -0.123 e. The molecule has 0 rings (SSSR count). The van der Waals surface area contributed by atoms with Gasteiger partial charge in [-0.15, -0.1) is 11.6 Å². The Bertz CT molecular complexity index is 151. The van der Waals surface area contributed by atoms with Gasteiger partial charge in [0.1, 0.15) is 0 Å². The predicted octanol–water partition coefficient (Wildman–Crippen LogP) is 4.69. The average Bonchev–Trinajstić information content (AvgIpc) is 2.20. The van der Waals surface area contributed by atoms with Crippen LogP contribution in [0.15, 0.2) is 0 Å². The molecule has 0 aliphatic carbocycles. The molecule has 0 amide bonds. The molecule has 1 atom stereocenters. The first-order chi connectivity index (χ1) is 7.48. The van der Waals surface area contributed by atoms with Crippen LogP contribution in [0.25, 0.3) is 0 Å². The lowest BCUT2D eigenvalue weighted by Gasteiger charge is -2.24. The fourth-order valence-electron chi connectivity index (χ4n) is 1.89. The molecule has 0 saturated heterocycles. The first-order valence-corrected chi connectivity index (χ1v) is 8.56. The Hall–Kier alpha value is 0.507. The minimum absolute atomic E-state index is 0.402. The quantitative estimate of drug-likeness (QED) is 0.304. The average molecular weight is 263 g/mol. The van der Waals surface area contributed by atoms with Gasteiger partial charge >= 0.3 is 0 Å². The smallest absolute Gasteiger partial charge is 0.0354 e. The highest BCUT2D eigenvalue weighted by atomic mass is 35.5. The zero-order valence-corrected chi connectivity index (χ0v) is 14.6. The van der Waals surface area contributed by atoms with Crippen LogP contribution in [0.2, 0.25) is 5.04 Å². The van der Waals surface area contributed by atoms with Crippen molar-refractivity contribution in [3.63, 3.8) is 0 Å². The summed E-state index contributed by atoms with van der Waals surface area (Å²) in [5, 5.41) is 0.808. The first-order valence-electron chi connectivity index (χ1n) is 7.12. The van der Waals surface area contributed by atoms with Gasteiger partial charge in [0.05, 0.1) is 0 Å². The molecule has 0 radical (unpaired) electrons. The minimum atomic E-state index is 0.402. The fourth-order valence-corrected chi connectivity index (χ4v) is 2.33. The lowest BCUT2D eigenvalue weighted by molar-refractivity contribution is 0.524. The van der Waals surface area contributed by atoms with E-state index in [4.69, 9.17) is 11.6 Å². The summed E-state index contributed by atoms with van der Waals surface area (Å²) in [6.07, 6.45) is 12.4. The van der Waals surface area contributed by atoms with E-state index in [0.29, 0.717) is 10.4 Å². The van der Waals surface area contributed by atoms with Crippen LogP contribution in [0.3, 0.4) is 0 Å². The van der Waals surface area contributed by atoms with E-state index in [0.717, 1.165) is 0 Å². The van der Waals surface area contributed by atoms with Gasteiger partial charge in [-0.2, -0.15) is 0 Å². The molecular formula is C14H31ClSi. The van der Waals surface area contributed by atoms with Gasteiger partial charge < -0.3 is 0 Å². The maximum absolute atomic E-state index is 6.37. The number of unbranched alkanes of at least 4 members (excludes halogenated alkanes) is 7. The Morgan fingerprint density at radius 2 is 1.38 bits per heavy atom. The van der Waals surface area contributed by atoms with E-state index in [1.807, 2.05) is 0 Å². The highest BCUT2D eigenvalue weighted by molar-refractivity contribution is 6.28. The van der Waals surface area contributed by atoms with Crippen molar-refractivity contribution < 1.29 is 0 Å². The largest absolute Gasteiger partial charge is 0.123 e. The van der Waals surface area contributed by atoms with Crippen LogP contribution >= 0.6 is 11.6 Å². The number of hydrogen-bond acceptors (Lipinski definition) is 0. The Labute approximate surface area is 111 Å². The molecule has 0 bridgehead atoms. The Kier molecular flexibility index (Phi) is 9.83. The van der Waals surface area contributed by atoms with E-state index in [1.54, 1.807) is 0 Å². The van der Waals surface area contributed by atoms with Crippen molar-refractivity contribution in [2.24, 2.45) is 0 Å². The maximum Gasteiger partial charge on any atom is 0.0354 e. The van der Waals surface area contributed by atoms with Crippen LogP contribution in [0.1, 0.15) is 78.6 Å². The van der Waals surface area contributed by atoms with Gasteiger partial charge in [0, 0.05) is 15.6 Å². The lowest BCUT2D eigenvalue weighted by atomic mass is 10.0. The highest BCUT2D eigenvalue weighted by Gasteiger charge is 2.21. The molecule has 0 N–H and O–H groups in total. The molecule has 0 nitrogen and oxygen atoms in total. The van der Waals surface area contributed by atoms with Gasteiger partial charge in [0.25, 0.3) is 0 Å². The summed E-state index contributed by atoms with van der Waals surface area (Å²) in [5.74, 6) is 0.